The topological polar surface area (TPSA) is 49.8 Å². The number of ether oxygens (including phenoxy) is 1. The molecule has 1 rings (SSSR count). The van der Waals surface area contributed by atoms with E-state index >= 15 is 0 Å². The number of hydrogen-bond acceptors (Lipinski definition) is 3. The van der Waals surface area contributed by atoms with E-state index < -0.39 is 5.97 Å². The number of carbonyl (C=O) groups is 1. The predicted octanol–water partition coefficient (Wildman–Crippen LogP) is 2.25. The molecule has 0 saturated heterocycles. The molecule has 0 aliphatic heterocycles. The van der Waals surface area contributed by atoms with E-state index in [0.717, 1.165) is 12.2 Å². The number of nitrogens with zero attached hydrogens (tertiary/aromatic N) is 1. The molecule has 0 aromatic heterocycles. The van der Waals surface area contributed by atoms with Gasteiger partial charge in [0.15, 0.2) is 0 Å². The van der Waals surface area contributed by atoms with Gasteiger partial charge in [-0.2, -0.15) is 0 Å². The molecule has 1 aromatic carbocycles. The van der Waals surface area contributed by atoms with Gasteiger partial charge in [0, 0.05) is 25.4 Å². The fourth-order valence-electron chi connectivity index (χ4n) is 1.88. The highest BCUT2D eigenvalue weighted by molar-refractivity contribution is 5.88. The second-order valence-corrected chi connectivity index (χ2v) is 3.94. The van der Waals surface area contributed by atoms with Crippen molar-refractivity contribution in [2.24, 2.45) is 0 Å². The van der Waals surface area contributed by atoms with E-state index in [1.165, 1.54) is 0 Å². The van der Waals surface area contributed by atoms with Crippen molar-refractivity contribution in [2.45, 2.75) is 19.9 Å². The second-order valence-electron chi connectivity index (χ2n) is 3.94. The van der Waals surface area contributed by atoms with Gasteiger partial charge in [-0.15, -0.1) is 0 Å². The Morgan fingerprint density at radius 1 is 1.41 bits per heavy atom. The van der Waals surface area contributed by atoms with Crippen LogP contribution in [-0.4, -0.2) is 37.4 Å². The van der Waals surface area contributed by atoms with E-state index in [2.05, 4.69) is 18.7 Å². The van der Waals surface area contributed by atoms with E-state index in [1.54, 1.807) is 19.2 Å². The molecular weight excluding hydrogens is 218 g/mol. The molecule has 0 saturated carbocycles. The normalized spacial score (nSPS) is 12.2. The highest BCUT2D eigenvalue weighted by Crippen LogP contribution is 2.18. The summed E-state index contributed by atoms with van der Waals surface area (Å²) in [6, 6.07) is 7.18. The van der Waals surface area contributed by atoms with Crippen molar-refractivity contribution >= 4 is 11.7 Å². The summed E-state index contributed by atoms with van der Waals surface area (Å²) in [5.41, 5.74) is 1.33. The number of likely N-dealkylation sites (N-methyl/N-ethyl adjacent to an activating group) is 1. The Balaban J connectivity index is 2.85. The zero-order valence-corrected chi connectivity index (χ0v) is 10.5. The first-order valence-corrected chi connectivity index (χ1v) is 5.69. The first kappa shape index (κ1) is 13.5. The van der Waals surface area contributed by atoms with Crippen LogP contribution in [0.2, 0.25) is 0 Å². The third-order valence-corrected chi connectivity index (χ3v) is 2.73. The van der Waals surface area contributed by atoms with Crippen molar-refractivity contribution in [1.29, 1.82) is 0 Å². The number of methoxy groups -OCH3 is 1. The molecular formula is C13H19NO3. The Hall–Kier alpha value is -1.55. The maximum Gasteiger partial charge on any atom is 0.335 e. The molecule has 0 bridgehead atoms. The van der Waals surface area contributed by atoms with Gasteiger partial charge in [0.2, 0.25) is 0 Å². The molecule has 1 aromatic rings. The molecule has 17 heavy (non-hydrogen) atoms. The van der Waals surface area contributed by atoms with Crippen LogP contribution < -0.4 is 4.90 Å². The average Bonchev–Trinajstić information content (AvgIpc) is 2.31. The van der Waals surface area contributed by atoms with Crippen molar-refractivity contribution in [3.05, 3.63) is 29.8 Å². The number of benzene rings is 1. The predicted molar refractivity (Wildman–Crippen MR) is 67.8 cm³/mol. The van der Waals surface area contributed by atoms with Crippen molar-refractivity contribution in [3.63, 3.8) is 0 Å². The molecule has 94 valence electrons. The zero-order valence-electron chi connectivity index (χ0n) is 10.5. The van der Waals surface area contributed by atoms with E-state index in [1.807, 2.05) is 12.1 Å². The van der Waals surface area contributed by atoms with Gasteiger partial charge in [-0.3, -0.25) is 0 Å². The van der Waals surface area contributed by atoms with Crippen LogP contribution in [-0.2, 0) is 4.74 Å². The fourth-order valence-corrected chi connectivity index (χ4v) is 1.88. The molecule has 0 amide bonds. The van der Waals surface area contributed by atoms with Gasteiger partial charge in [0.25, 0.3) is 0 Å². The van der Waals surface area contributed by atoms with Gasteiger partial charge in [-0.1, -0.05) is 0 Å². The first-order chi connectivity index (χ1) is 8.10. The van der Waals surface area contributed by atoms with Crippen LogP contribution in [0.25, 0.3) is 0 Å². The number of carboxylic acid groups (broad SMARTS) is 1. The van der Waals surface area contributed by atoms with Crippen LogP contribution in [0.15, 0.2) is 24.3 Å². The molecule has 0 heterocycles. The summed E-state index contributed by atoms with van der Waals surface area (Å²) in [4.78, 5) is 12.9. The molecule has 0 radical (unpaired) electrons. The van der Waals surface area contributed by atoms with Crippen molar-refractivity contribution in [1.82, 2.24) is 0 Å². The summed E-state index contributed by atoms with van der Waals surface area (Å²) in [7, 11) is 1.68. The van der Waals surface area contributed by atoms with Gasteiger partial charge < -0.3 is 14.7 Å². The van der Waals surface area contributed by atoms with Crippen molar-refractivity contribution in [2.75, 3.05) is 25.2 Å². The largest absolute Gasteiger partial charge is 0.478 e. The molecule has 0 fully saturated rings. The lowest BCUT2D eigenvalue weighted by molar-refractivity contribution is 0.0697. The van der Waals surface area contributed by atoms with E-state index in [9.17, 15) is 4.79 Å². The number of rotatable bonds is 6. The minimum absolute atomic E-state index is 0.265. The third-order valence-electron chi connectivity index (χ3n) is 2.73. The Labute approximate surface area is 102 Å². The molecule has 4 heteroatoms. The molecule has 0 aliphatic rings. The van der Waals surface area contributed by atoms with Crippen molar-refractivity contribution < 1.29 is 14.6 Å². The quantitative estimate of drug-likeness (QED) is 0.824. The Morgan fingerprint density at radius 3 is 2.41 bits per heavy atom. The van der Waals surface area contributed by atoms with Crippen LogP contribution in [0.3, 0.4) is 0 Å². The van der Waals surface area contributed by atoms with Crippen molar-refractivity contribution in [3.8, 4) is 0 Å². The number of hydrogen-bond donors (Lipinski definition) is 1. The lowest BCUT2D eigenvalue weighted by atomic mass is 10.1. The minimum atomic E-state index is -0.899. The van der Waals surface area contributed by atoms with Crippen LogP contribution >= 0.6 is 0 Å². The Kier molecular flexibility index (Phi) is 4.97. The zero-order chi connectivity index (χ0) is 12.8. The molecule has 0 spiro atoms. The minimum Gasteiger partial charge on any atom is -0.478 e. The summed E-state index contributed by atoms with van der Waals surface area (Å²) < 4.78 is 5.13. The van der Waals surface area contributed by atoms with E-state index in [0.29, 0.717) is 12.2 Å². The number of anilines is 1. The summed E-state index contributed by atoms with van der Waals surface area (Å²) in [6.07, 6.45) is 0. The van der Waals surface area contributed by atoms with Gasteiger partial charge in [0.1, 0.15) is 0 Å². The Morgan fingerprint density at radius 2 is 2.00 bits per heavy atom. The number of aromatic carboxylic acids is 1. The molecule has 1 atom stereocenters. The van der Waals surface area contributed by atoms with Crippen LogP contribution in [0.4, 0.5) is 5.69 Å². The average molecular weight is 237 g/mol. The van der Waals surface area contributed by atoms with Crippen LogP contribution in [0.1, 0.15) is 24.2 Å². The Bertz CT molecular complexity index is 361. The maximum absolute atomic E-state index is 10.8. The molecule has 1 N–H and O–H groups in total. The van der Waals surface area contributed by atoms with Gasteiger partial charge in [-0.25, -0.2) is 4.79 Å². The second kappa shape index (κ2) is 6.25. The highest BCUT2D eigenvalue weighted by atomic mass is 16.5. The van der Waals surface area contributed by atoms with Crippen LogP contribution in [0.5, 0.6) is 0 Å². The lowest BCUT2D eigenvalue weighted by Gasteiger charge is -2.29. The highest BCUT2D eigenvalue weighted by Gasteiger charge is 2.13. The smallest absolute Gasteiger partial charge is 0.335 e. The molecule has 0 aliphatic carbocycles. The monoisotopic (exact) mass is 237 g/mol. The standard InChI is InChI=1S/C13H19NO3/c1-4-14(10(2)9-17-3)12-7-5-11(6-8-12)13(15)16/h5-8,10H,4,9H2,1-3H3,(H,15,16). The van der Waals surface area contributed by atoms with Gasteiger partial charge in [-0.05, 0) is 38.1 Å². The number of carboxylic acids is 1. The van der Waals surface area contributed by atoms with E-state index in [-0.39, 0.29) is 6.04 Å². The summed E-state index contributed by atoms with van der Waals surface area (Å²) in [5, 5.41) is 8.83. The SMILES string of the molecule is CCN(c1ccc(C(=O)O)cc1)C(C)COC. The first-order valence-electron chi connectivity index (χ1n) is 5.69. The van der Waals surface area contributed by atoms with Gasteiger partial charge >= 0.3 is 5.97 Å². The fraction of sp³-hybridized carbons (Fsp3) is 0.462. The van der Waals surface area contributed by atoms with Gasteiger partial charge in [0.05, 0.1) is 12.2 Å². The summed E-state index contributed by atoms with van der Waals surface area (Å²) >= 11 is 0. The van der Waals surface area contributed by atoms with Crippen LogP contribution in [0, 0.1) is 0 Å². The van der Waals surface area contributed by atoms with E-state index in [4.69, 9.17) is 9.84 Å². The summed E-state index contributed by atoms with van der Waals surface area (Å²) in [5.74, 6) is -0.899. The summed E-state index contributed by atoms with van der Waals surface area (Å²) in [6.45, 7) is 5.65. The maximum atomic E-state index is 10.8. The third kappa shape index (κ3) is 3.46. The molecule has 4 nitrogen and oxygen atoms in total. The lowest BCUT2D eigenvalue weighted by Crippen LogP contribution is -2.36. The molecule has 1 unspecified atom stereocenters.